The van der Waals surface area contributed by atoms with Crippen LogP contribution < -0.4 is 10.2 Å². The van der Waals surface area contributed by atoms with E-state index >= 15 is 0 Å². The molecule has 1 aromatic heterocycles. The third-order valence-electron chi connectivity index (χ3n) is 3.91. The Bertz CT molecular complexity index is 347. The first-order chi connectivity index (χ1) is 9.90. The second kappa shape index (κ2) is 8.93. The van der Waals surface area contributed by atoms with Crippen LogP contribution in [-0.4, -0.2) is 55.7 Å². The molecule has 1 N–H and O–H groups in total. The van der Waals surface area contributed by atoms with E-state index in [9.17, 15) is 0 Å². The largest absolute Gasteiger partial charge is 0.354 e. The highest BCUT2D eigenvalue weighted by atomic mass is 15.3. The lowest BCUT2D eigenvalue weighted by Crippen LogP contribution is -2.48. The van der Waals surface area contributed by atoms with Gasteiger partial charge in [0, 0.05) is 45.5 Å². The second-order valence-electron chi connectivity index (χ2n) is 5.47. The molecule has 0 amide bonds. The predicted molar refractivity (Wildman–Crippen MR) is 85.3 cm³/mol. The number of pyridine rings is 1. The van der Waals surface area contributed by atoms with Gasteiger partial charge in [0.25, 0.3) is 0 Å². The molecule has 1 aliphatic rings. The molecule has 4 nitrogen and oxygen atoms in total. The van der Waals surface area contributed by atoms with Crippen molar-refractivity contribution in [3.63, 3.8) is 0 Å². The lowest BCUT2D eigenvalue weighted by Gasteiger charge is -2.35. The van der Waals surface area contributed by atoms with Crippen molar-refractivity contribution in [2.75, 3.05) is 50.7 Å². The summed E-state index contributed by atoms with van der Waals surface area (Å²) in [4.78, 5) is 9.35. The molecule has 0 aromatic carbocycles. The molecule has 20 heavy (non-hydrogen) atoms. The van der Waals surface area contributed by atoms with Crippen LogP contribution in [-0.2, 0) is 0 Å². The molecule has 1 saturated heterocycles. The fraction of sp³-hybridized carbons (Fsp3) is 0.688. The fourth-order valence-corrected chi connectivity index (χ4v) is 2.60. The molecule has 4 heteroatoms. The Morgan fingerprint density at radius 2 is 1.95 bits per heavy atom. The smallest absolute Gasteiger partial charge is 0.128 e. The van der Waals surface area contributed by atoms with E-state index in [1.54, 1.807) is 0 Å². The van der Waals surface area contributed by atoms with Crippen LogP contribution in [0.1, 0.15) is 26.2 Å². The van der Waals surface area contributed by atoms with E-state index in [1.165, 1.54) is 32.4 Å². The topological polar surface area (TPSA) is 31.4 Å². The quantitative estimate of drug-likeness (QED) is 0.736. The number of nitrogens with one attached hydrogen (secondary N) is 1. The van der Waals surface area contributed by atoms with E-state index in [-0.39, 0.29) is 0 Å². The summed E-state index contributed by atoms with van der Waals surface area (Å²) < 4.78 is 0. The minimum atomic E-state index is 1.09. The summed E-state index contributed by atoms with van der Waals surface area (Å²) in [5.41, 5.74) is 0. The van der Waals surface area contributed by atoms with Crippen molar-refractivity contribution in [3.05, 3.63) is 24.4 Å². The molecular weight excluding hydrogens is 248 g/mol. The van der Waals surface area contributed by atoms with Gasteiger partial charge in [-0.1, -0.05) is 25.8 Å². The van der Waals surface area contributed by atoms with Gasteiger partial charge in [0.1, 0.15) is 5.82 Å². The summed E-state index contributed by atoms with van der Waals surface area (Å²) in [7, 11) is 0. The zero-order chi connectivity index (χ0) is 14.0. The summed E-state index contributed by atoms with van der Waals surface area (Å²) >= 11 is 0. The molecular formula is C16H28N4. The Balaban J connectivity index is 1.58. The normalized spacial score (nSPS) is 16.6. The molecule has 0 unspecified atom stereocenters. The lowest BCUT2D eigenvalue weighted by atomic mass is 10.2. The van der Waals surface area contributed by atoms with Crippen LogP contribution >= 0.6 is 0 Å². The molecule has 112 valence electrons. The van der Waals surface area contributed by atoms with Gasteiger partial charge in [0.05, 0.1) is 0 Å². The van der Waals surface area contributed by atoms with Crippen molar-refractivity contribution in [3.8, 4) is 0 Å². The molecule has 0 atom stereocenters. The van der Waals surface area contributed by atoms with Crippen LogP contribution in [0.15, 0.2) is 24.4 Å². The predicted octanol–water partition coefficient (Wildman–Crippen LogP) is 1.98. The molecule has 1 aromatic rings. The van der Waals surface area contributed by atoms with Crippen molar-refractivity contribution in [1.29, 1.82) is 0 Å². The van der Waals surface area contributed by atoms with E-state index in [1.807, 2.05) is 12.3 Å². The maximum atomic E-state index is 4.43. The number of hydrogen-bond acceptors (Lipinski definition) is 4. The molecule has 0 bridgehead atoms. The van der Waals surface area contributed by atoms with Crippen LogP contribution in [0, 0.1) is 0 Å². The first-order valence-corrected chi connectivity index (χ1v) is 7.99. The second-order valence-corrected chi connectivity index (χ2v) is 5.47. The van der Waals surface area contributed by atoms with Crippen molar-refractivity contribution in [1.82, 2.24) is 15.2 Å². The van der Waals surface area contributed by atoms with Crippen molar-refractivity contribution < 1.29 is 0 Å². The summed E-state index contributed by atoms with van der Waals surface area (Å²) in [6.07, 6.45) is 5.83. The van der Waals surface area contributed by atoms with Gasteiger partial charge in [0.15, 0.2) is 0 Å². The number of rotatable bonds is 8. The van der Waals surface area contributed by atoms with Crippen LogP contribution in [0.5, 0.6) is 0 Å². The minimum absolute atomic E-state index is 1.09. The Hall–Kier alpha value is -1.13. The van der Waals surface area contributed by atoms with Gasteiger partial charge in [-0.25, -0.2) is 4.98 Å². The van der Waals surface area contributed by atoms with E-state index < -0.39 is 0 Å². The Labute approximate surface area is 123 Å². The summed E-state index contributed by atoms with van der Waals surface area (Å²) in [5.74, 6) is 1.12. The Kier molecular flexibility index (Phi) is 6.81. The molecule has 0 aliphatic carbocycles. The minimum Gasteiger partial charge on any atom is -0.354 e. The molecule has 0 spiro atoms. The lowest BCUT2D eigenvalue weighted by molar-refractivity contribution is 0.257. The van der Waals surface area contributed by atoms with Gasteiger partial charge in [-0.2, -0.15) is 0 Å². The van der Waals surface area contributed by atoms with Gasteiger partial charge < -0.3 is 10.2 Å². The number of nitrogens with zero attached hydrogens (tertiary/aromatic N) is 3. The molecule has 1 aliphatic heterocycles. The molecule has 2 rings (SSSR count). The highest BCUT2D eigenvalue weighted by Crippen LogP contribution is 2.11. The highest BCUT2D eigenvalue weighted by molar-refractivity contribution is 5.38. The summed E-state index contributed by atoms with van der Waals surface area (Å²) in [6.45, 7) is 10.2. The molecule has 2 heterocycles. The third-order valence-corrected chi connectivity index (χ3v) is 3.91. The number of aromatic nitrogens is 1. The van der Waals surface area contributed by atoms with Crippen molar-refractivity contribution >= 4 is 5.82 Å². The average molecular weight is 276 g/mol. The van der Waals surface area contributed by atoms with E-state index in [4.69, 9.17) is 0 Å². The molecule has 0 radical (unpaired) electrons. The number of anilines is 1. The van der Waals surface area contributed by atoms with E-state index in [2.05, 4.69) is 39.2 Å². The Morgan fingerprint density at radius 3 is 2.65 bits per heavy atom. The molecule has 1 fully saturated rings. The standard InChI is InChI=1S/C16H28N4/c1-2-3-5-8-17-10-11-19-12-14-20(15-13-19)16-7-4-6-9-18-16/h4,6-7,9,17H,2-3,5,8,10-15H2,1H3. The van der Waals surface area contributed by atoms with Crippen LogP contribution in [0.3, 0.4) is 0 Å². The maximum absolute atomic E-state index is 4.43. The highest BCUT2D eigenvalue weighted by Gasteiger charge is 2.16. The van der Waals surface area contributed by atoms with E-state index in [0.29, 0.717) is 0 Å². The van der Waals surface area contributed by atoms with Gasteiger partial charge in [-0.05, 0) is 25.1 Å². The van der Waals surface area contributed by atoms with Crippen molar-refractivity contribution in [2.45, 2.75) is 26.2 Å². The zero-order valence-corrected chi connectivity index (χ0v) is 12.7. The zero-order valence-electron chi connectivity index (χ0n) is 12.7. The van der Waals surface area contributed by atoms with Gasteiger partial charge in [0.2, 0.25) is 0 Å². The first-order valence-electron chi connectivity index (χ1n) is 7.99. The third kappa shape index (κ3) is 5.10. The monoisotopic (exact) mass is 276 g/mol. The summed E-state index contributed by atoms with van der Waals surface area (Å²) in [6, 6.07) is 6.14. The van der Waals surface area contributed by atoms with Gasteiger partial charge in [-0.3, -0.25) is 4.90 Å². The number of hydrogen-bond donors (Lipinski definition) is 1. The van der Waals surface area contributed by atoms with Crippen molar-refractivity contribution in [2.24, 2.45) is 0 Å². The van der Waals surface area contributed by atoms with Crippen LogP contribution in [0.2, 0.25) is 0 Å². The molecule has 0 saturated carbocycles. The maximum Gasteiger partial charge on any atom is 0.128 e. The number of unbranched alkanes of at least 4 members (excludes halogenated alkanes) is 2. The van der Waals surface area contributed by atoms with Crippen LogP contribution in [0.4, 0.5) is 5.82 Å². The van der Waals surface area contributed by atoms with Gasteiger partial charge in [-0.15, -0.1) is 0 Å². The summed E-state index contributed by atoms with van der Waals surface area (Å²) in [5, 5.41) is 3.54. The van der Waals surface area contributed by atoms with E-state index in [0.717, 1.165) is 38.5 Å². The first kappa shape index (κ1) is 15.3. The van der Waals surface area contributed by atoms with Gasteiger partial charge >= 0.3 is 0 Å². The van der Waals surface area contributed by atoms with Crippen LogP contribution in [0.25, 0.3) is 0 Å². The Morgan fingerprint density at radius 1 is 1.10 bits per heavy atom. The average Bonchev–Trinajstić information content (AvgIpc) is 2.52. The number of piperazine rings is 1. The SMILES string of the molecule is CCCCCNCCN1CCN(c2ccccn2)CC1. The fourth-order valence-electron chi connectivity index (χ4n) is 2.60.